The quantitative estimate of drug-likeness (QED) is 0.509. The molecule has 0 bridgehead atoms. The zero-order valence-electron chi connectivity index (χ0n) is 19.5. The molecule has 32 heavy (non-hydrogen) atoms. The van der Waals surface area contributed by atoms with Crippen molar-refractivity contribution in [2.75, 3.05) is 42.7 Å². The third-order valence-electron chi connectivity index (χ3n) is 6.37. The van der Waals surface area contributed by atoms with Gasteiger partial charge < -0.3 is 25.0 Å². The fourth-order valence-electron chi connectivity index (χ4n) is 4.58. The van der Waals surface area contributed by atoms with E-state index >= 15 is 0 Å². The normalized spacial score (nSPS) is 16.5. The summed E-state index contributed by atoms with van der Waals surface area (Å²) in [5.74, 6) is 0. The highest BCUT2D eigenvalue weighted by Crippen LogP contribution is 2.27. The summed E-state index contributed by atoms with van der Waals surface area (Å²) in [6.07, 6.45) is 7.11. The highest BCUT2D eigenvalue weighted by molar-refractivity contribution is 6.01. The highest BCUT2D eigenvalue weighted by atomic mass is 16.2. The molecule has 6 heteroatoms. The summed E-state index contributed by atoms with van der Waals surface area (Å²) in [6, 6.07) is 16.7. The number of anilines is 3. The molecule has 2 amide bonds. The molecule has 0 spiro atoms. The molecule has 2 heterocycles. The summed E-state index contributed by atoms with van der Waals surface area (Å²) in [5, 5.41) is 7.03. The molecule has 1 unspecified atom stereocenters. The van der Waals surface area contributed by atoms with Crippen LogP contribution < -0.4 is 15.5 Å². The summed E-state index contributed by atoms with van der Waals surface area (Å²) < 4.78 is 2.24. The minimum atomic E-state index is -0.228. The third kappa shape index (κ3) is 5.25. The number of piperidine rings is 1. The van der Waals surface area contributed by atoms with E-state index in [4.69, 9.17) is 0 Å². The summed E-state index contributed by atoms with van der Waals surface area (Å²) in [6.45, 7) is 5.31. The molecule has 6 nitrogen and oxygen atoms in total. The molecule has 4 rings (SSSR count). The summed E-state index contributed by atoms with van der Waals surface area (Å²) in [4.78, 5) is 17.2. The van der Waals surface area contributed by atoms with Crippen LogP contribution in [0.4, 0.5) is 21.9 Å². The van der Waals surface area contributed by atoms with E-state index in [-0.39, 0.29) is 6.03 Å². The number of hydrogen-bond acceptors (Lipinski definition) is 3. The summed E-state index contributed by atoms with van der Waals surface area (Å²) in [7, 11) is 4.16. The number of rotatable bonds is 7. The fourth-order valence-corrected chi connectivity index (χ4v) is 4.58. The zero-order chi connectivity index (χ0) is 22.5. The number of benzene rings is 2. The molecule has 1 fully saturated rings. The van der Waals surface area contributed by atoms with Gasteiger partial charge >= 0.3 is 6.03 Å². The second-order valence-corrected chi connectivity index (χ2v) is 8.96. The van der Waals surface area contributed by atoms with Crippen LogP contribution in [0.3, 0.4) is 0 Å². The van der Waals surface area contributed by atoms with Gasteiger partial charge in [0, 0.05) is 59.8 Å². The lowest BCUT2D eigenvalue weighted by atomic mass is 9.99. The van der Waals surface area contributed by atoms with E-state index in [1.165, 1.54) is 36.9 Å². The maximum atomic E-state index is 12.5. The second-order valence-electron chi connectivity index (χ2n) is 8.96. The molecular formula is C26H35N5O. The van der Waals surface area contributed by atoms with Crippen LogP contribution in [0.5, 0.6) is 0 Å². The van der Waals surface area contributed by atoms with E-state index in [1.54, 1.807) is 0 Å². The minimum absolute atomic E-state index is 0.228. The molecular weight excluding hydrogens is 398 g/mol. The van der Waals surface area contributed by atoms with Gasteiger partial charge in [-0.15, -0.1) is 0 Å². The van der Waals surface area contributed by atoms with E-state index in [1.807, 2.05) is 24.3 Å². The molecule has 170 valence electrons. The van der Waals surface area contributed by atoms with Gasteiger partial charge in [0.05, 0.1) is 0 Å². The van der Waals surface area contributed by atoms with Crippen molar-refractivity contribution in [2.24, 2.45) is 0 Å². The molecule has 1 aromatic heterocycles. The van der Waals surface area contributed by atoms with Crippen LogP contribution in [0, 0.1) is 0 Å². The Bertz CT molecular complexity index is 1040. The van der Waals surface area contributed by atoms with E-state index in [0.29, 0.717) is 6.04 Å². The average molecular weight is 434 g/mol. The van der Waals surface area contributed by atoms with Crippen molar-refractivity contribution in [2.45, 2.75) is 45.2 Å². The Morgan fingerprint density at radius 3 is 2.53 bits per heavy atom. The smallest absolute Gasteiger partial charge is 0.323 e. The minimum Gasteiger partial charge on any atom is -0.369 e. The van der Waals surface area contributed by atoms with Crippen molar-refractivity contribution in [3.05, 3.63) is 54.7 Å². The Morgan fingerprint density at radius 1 is 1.03 bits per heavy atom. The van der Waals surface area contributed by atoms with Crippen molar-refractivity contribution in [3.63, 3.8) is 0 Å². The standard InChI is InChI=1S/C26H35N5O/c1-4-23-7-5-6-15-31(23)24-11-8-21(9-12-24)27-26(32)28-22-10-13-25-20(19-22)14-16-30(25)18-17-29(2)3/h8-14,16,19,23H,4-7,15,17-18H2,1-3H3,(H2,27,28,32). The van der Waals surface area contributed by atoms with Crippen LogP contribution >= 0.6 is 0 Å². The van der Waals surface area contributed by atoms with Crippen molar-refractivity contribution >= 4 is 34.0 Å². The molecule has 0 aliphatic carbocycles. The van der Waals surface area contributed by atoms with E-state index < -0.39 is 0 Å². The van der Waals surface area contributed by atoms with E-state index in [0.717, 1.165) is 36.4 Å². The number of fused-ring (bicyclic) bond motifs is 1. The molecule has 0 radical (unpaired) electrons. The lowest BCUT2D eigenvalue weighted by Gasteiger charge is -2.37. The predicted octanol–water partition coefficient (Wildman–Crippen LogP) is 5.62. The lowest BCUT2D eigenvalue weighted by molar-refractivity contribution is 0.262. The zero-order valence-corrected chi connectivity index (χ0v) is 19.5. The van der Waals surface area contributed by atoms with Gasteiger partial charge in [-0.05, 0) is 88.3 Å². The molecule has 2 aromatic carbocycles. The first-order chi connectivity index (χ1) is 15.5. The highest BCUT2D eigenvalue weighted by Gasteiger charge is 2.20. The van der Waals surface area contributed by atoms with Crippen LogP contribution in [0.2, 0.25) is 0 Å². The molecule has 2 N–H and O–H groups in total. The summed E-state index contributed by atoms with van der Waals surface area (Å²) >= 11 is 0. The number of aromatic nitrogens is 1. The Balaban J connectivity index is 1.36. The molecule has 3 aromatic rings. The number of hydrogen-bond donors (Lipinski definition) is 2. The number of nitrogens with one attached hydrogen (secondary N) is 2. The van der Waals surface area contributed by atoms with Gasteiger partial charge in [0.1, 0.15) is 0 Å². The van der Waals surface area contributed by atoms with Crippen molar-refractivity contribution in [1.82, 2.24) is 9.47 Å². The van der Waals surface area contributed by atoms with Gasteiger partial charge in [-0.25, -0.2) is 4.79 Å². The third-order valence-corrected chi connectivity index (χ3v) is 6.37. The molecule has 1 atom stereocenters. The topological polar surface area (TPSA) is 52.5 Å². The maximum absolute atomic E-state index is 12.5. The Kier molecular flexibility index (Phi) is 7.00. The predicted molar refractivity (Wildman–Crippen MR) is 135 cm³/mol. The number of amides is 2. The number of urea groups is 1. The molecule has 1 saturated heterocycles. The van der Waals surface area contributed by atoms with Gasteiger partial charge in [-0.2, -0.15) is 0 Å². The molecule has 0 saturated carbocycles. The maximum Gasteiger partial charge on any atom is 0.323 e. The first-order valence-electron chi connectivity index (χ1n) is 11.7. The van der Waals surface area contributed by atoms with Crippen LogP contribution in [0.25, 0.3) is 10.9 Å². The lowest BCUT2D eigenvalue weighted by Crippen LogP contribution is -2.39. The van der Waals surface area contributed by atoms with Crippen molar-refractivity contribution < 1.29 is 4.79 Å². The van der Waals surface area contributed by atoms with Gasteiger partial charge in [0.15, 0.2) is 0 Å². The van der Waals surface area contributed by atoms with Crippen LogP contribution in [-0.2, 0) is 6.54 Å². The van der Waals surface area contributed by atoms with Crippen LogP contribution in [0.1, 0.15) is 32.6 Å². The Labute approximate surface area is 191 Å². The van der Waals surface area contributed by atoms with E-state index in [9.17, 15) is 4.79 Å². The number of likely N-dealkylation sites (N-methyl/N-ethyl adjacent to an activating group) is 1. The monoisotopic (exact) mass is 433 g/mol. The molecule has 1 aliphatic heterocycles. The second kappa shape index (κ2) is 10.1. The first kappa shape index (κ1) is 22.2. The number of nitrogens with zero attached hydrogens (tertiary/aromatic N) is 3. The fraction of sp³-hybridized carbons (Fsp3) is 0.423. The van der Waals surface area contributed by atoms with Gasteiger partial charge in [-0.1, -0.05) is 6.92 Å². The van der Waals surface area contributed by atoms with Gasteiger partial charge in [-0.3, -0.25) is 0 Å². The van der Waals surface area contributed by atoms with Gasteiger partial charge in [0.2, 0.25) is 0 Å². The Morgan fingerprint density at radius 2 is 1.78 bits per heavy atom. The number of carbonyl (C=O) groups is 1. The van der Waals surface area contributed by atoms with Crippen molar-refractivity contribution in [3.8, 4) is 0 Å². The first-order valence-corrected chi connectivity index (χ1v) is 11.7. The van der Waals surface area contributed by atoms with E-state index in [2.05, 4.69) is 76.5 Å². The summed E-state index contributed by atoms with van der Waals surface area (Å²) in [5.41, 5.74) is 4.01. The number of carbonyl (C=O) groups excluding carboxylic acids is 1. The Hall–Kier alpha value is -2.99. The van der Waals surface area contributed by atoms with Gasteiger partial charge in [0.25, 0.3) is 0 Å². The largest absolute Gasteiger partial charge is 0.369 e. The average Bonchev–Trinajstić information content (AvgIpc) is 3.20. The van der Waals surface area contributed by atoms with Crippen molar-refractivity contribution in [1.29, 1.82) is 0 Å². The molecule has 1 aliphatic rings. The SMILES string of the molecule is CCC1CCCCN1c1ccc(NC(=O)Nc2ccc3c(ccn3CCN(C)C)c2)cc1. The van der Waals surface area contributed by atoms with Crippen LogP contribution in [0.15, 0.2) is 54.7 Å². The van der Waals surface area contributed by atoms with Crippen LogP contribution in [-0.4, -0.2) is 48.7 Å².